The molecule has 0 saturated carbocycles. The van der Waals surface area contributed by atoms with Gasteiger partial charge < -0.3 is 10.1 Å². The van der Waals surface area contributed by atoms with E-state index < -0.39 is 9.84 Å². The van der Waals surface area contributed by atoms with Crippen LogP contribution < -0.4 is 10.1 Å². The highest BCUT2D eigenvalue weighted by atomic mass is 32.2. The first kappa shape index (κ1) is 20.7. The molecule has 3 heterocycles. The van der Waals surface area contributed by atoms with Gasteiger partial charge in [0, 0.05) is 24.0 Å². The molecule has 1 amide bonds. The molecule has 1 saturated heterocycles. The second-order valence-corrected chi connectivity index (χ2v) is 11.2. The smallest absolute Gasteiger partial charge is 0.249 e. The molecule has 0 spiro atoms. The summed E-state index contributed by atoms with van der Waals surface area (Å²) in [5.74, 6) is 1.35. The summed E-state index contributed by atoms with van der Waals surface area (Å²) < 4.78 is 31.1. The van der Waals surface area contributed by atoms with Gasteiger partial charge >= 0.3 is 0 Å². The Morgan fingerprint density at radius 1 is 1.30 bits per heavy atom. The van der Waals surface area contributed by atoms with Crippen LogP contribution in [0, 0.1) is 0 Å². The molecule has 1 N–H and O–H groups in total. The van der Waals surface area contributed by atoms with Crippen LogP contribution in [-0.2, 0) is 26.5 Å². The Balaban J connectivity index is 1.54. The zero-order valence-corrected chi connectivity index (χ0v) is 18.3. The van der Waals surface area contributed by atoms with Gasteiger partial charge in [-0.15, -0.1) is 0 Å². The van der Waals surface area contributed by atoms with E-state index in [0.29, 0.717) is 18.8 Å². The van der Waals surface area contributed by atoms with E-state index in [0.717, 1.165) is 29.0 Å². The van der Waals surface area contributed by atoms with Crippen molar-refractivity contribution in [2.75, 3.05) is 23.4 Å². The Morgan fingerprint density at radius 3 is 2.80 bits per heavy atom. The van der Waals surface area contributed by atoms with Crippen molar-refractivity contribution >= 4 is 27.6 Å². The number of fused-ring (bicyclic) bond motifs is 1. The van der Waals surface area contributed by atoms with E-state index in [-0.39, 0.29) is 28.9 Å². The van der Waals surface area contributed by atoms with Gasteiger partial charge in [0.05, 0.1) is 29.8 Å². The summed E-state index contributed by atoms with van der Waals surface area (Å²) in [6, 6.07) is 7.44. The standard InChI is InChI=1S/C22H27N3O4S/c1-22(2,3)19-13-20(25(24-19)17-9-11-30(27,28)14-17)23-21(26)7-5-15-4-6-18-16(12-15)8-10-29-18/h4-7,12-13,17H,8-11,14H2,1-3H3,(H,23,26)/b7-5+. The fourth-order valence-corrected chi connectivity index (χ4v) is 5.44. The Labute approximate surface area is 177 Å². The number of hydrogen-bond acceptors (Lipinski definition) is 5. The summed E-state index contributed by atoms with van der Waals surface area (Å²) >= 11 is 0. The van der Waals surface area contributed by atoms with Crippen molar-refractivity contribution in [3.63, 3.8) is 0 Å². The molecular weight excluding hydrogens is 402 g/mol. The molecule has 2 aliphatic rings. The summed E-state index contributed by atoms with van der Waals surface area (Å²) in [5.41, 5.74) is 2.67. The van der Waals surface area contributed by atoms with Crippen molar-refractivity contribution in [1.29, 1.82) is 0 Å². The van der Waals surface area contributed by atoms with Gasteiger partial charge in [0.2, 0.25) is 5.91 Å². The third-order valence-corrected chi connectivity index (χ3v) is 7.20. The van der Waals surface area contributed by atoms with Gasteiger partial charge in [0.1, 0.15) is 11.6 Å². The Bertz CT molecular complexity index is 1110. The van der Waals surface area contributed by atoms with E-state index in [4.69, 9.17) is 4.74 Å². The minimum absolute atomic E-state index is 0.0498. The lowest BCUT2D eigenvalue weighted by atomic mass is 9.92. The zero-order chi connectivity index (χ0) is 21.5. The summed E-state index contributed by atoms with van der Waals surface area (Å²) in [4.78, 5) is 12.6. The van der Waals surface area contributed by atoms with E-state index in [1.807, 2.05) is 45.0 Å². The SMILES string of the molecule is CC(C)(C)c1cc(NC(=O)/C=C/c2ccc3c(c2)CCO3)n(C2CCS(=O)(=O)C2)n1. The van der Waals surface area contributed by atoms with Crippen molar-refractivity contribution in [2.45, 2.75) is 45.1 Å². The maximum Gasteiger partial charge on any atom is 0.249 e. The molecule has 1 aromatic carbocycles. The number of ether oxygens (including phenoxy) is 1. The number of nitrogens with one attached hydrogen (secondary N) is 1. The molecule has 1 unspecified atom stereocenters. The molecule has 0 bridgehead atoms. The summed E-state index contributed by atoms with van der Waals surface area (Å²) in [5, 5.41) is 7.52. The van der Waals surface area contributed by atoms with Gasteiger partial charge in [0.15, 0.2) is 9.84 Å². The van der Waals surface area contributed by atoms with Gasteiger partial charge in [-0.2, -0.15) is 5.10 Å². The predicted molar refractivity (Wildman–Crippen MR) is 117 cm³/mol. The first-order chi connectivity index (χ1) is 14.1. The number of sulfone groups is 1. The van der Waals surface area contributed by atoms with Crippen LogP contribution in [0.1, 0.15) is 50.1 Å². The third-order valence-electron chi connectivity index (χ3n) is 5.45. The molecule has 4 rings (SSSR count). The van der Waals surface area contributed by atoms with Gasteiger partial charge in [-0.1, -0.05) is 26.8 Å². The number of carbonyl (C=O) groups is 1. The maximum atomic E-state index is 12.6. The lowest BCUT2D eigenvalue weighted by Crippen LogP contribution is -2.19. The minimum atomic E-state index is -3.06. The Kier molecular flexibility index (Phi) is 5.22. The number of hydrogen-bond donors (Lipinski definition) is 1. The average molecular weight is 430 g/mol. The lowest BCUT2D eigenvalue weighted by Gasteiger charge is -2.15. The number of amides is 1. The van der Waals surface area contributed by atoms with Crippen molar-refractivity contribution in [3.05, 3.63) is 47.2 Å². The highest BCUT2D eigenvalue weighted by molar-refractivity contribution is 7.91. The number of aromatic nitrogens is 2. The van der Waals surface area contributed by atoms with Crippen LogP contribution in [0.3, 0.4) is 0 Å². The molecular formula is C22H27N3O4S. The second-order valence-electron chi connectivity index (χ2n) is 8.95. The van der Waals surface area contributed by atoms with Crippen LogP contribution in [0.15, 0.2) is 30.3 Å². The predicted octanol–water partition coefficient (Wildman–Crippen LogP) is 3.13. The normalized spacial score (nSPS) is 20.3. The van der Waals surface area contributed by atoms with Gasteiger partial charge in [-0.25, -0.2) is 13.1 Å². The average Bonchev–Trinajstić information content (AvgIpc) is 3.37. The summed E-state index contributed by atoms with van der Waals surface area (Å²) in [6.45, 7) is 6.80. The van der Waals surface area contributed by atoms with Crippen molar-refractivity contribution in [2.24, 2.45) is 0 Å². The van der Waals surface area contributed by atoms with Crippen LogP contribution in [0.25, 0.3) is 6.08 Å². The molecule has 7 nitrogen and oxygen atoms in total. The zero-order valence-electron chi connectivity index (χ0n) is 17.5. The number of anilines is 1. The fraction of sp³-hybridized carbons (Fsp3) is 0.455. The van der Waals surface area contributed by atoms with Gasteiger partial charge in [0.25, 0.3) is 0 Å². The Hall–Kier alpha value is -2.61. The van der Waals surface area contributed by atoms with Crippen LogP contribution in [0.5, 0.6) is 5.75 Å². The summed E-state index contributed by atoms with van der Waals surface area (Å²) in [7, 11) is -3.06. The number of benzene rings is 1. The summed E-state index contributed by atoms with van der Waals surface area (Å²) in [6.07, 6.45) is 4.63. The monoisotopic (exact) mass is 429 g/mol. The van der Waals surface area contributed by atoms with E-state index >= 15 is 0 Å². The fourth-order valence-electron chi connectivity index (χ4n) is 3.75. The molecule has 2 aromatic rings. The first-order valence-electron chi connectivity index (χ1n) is 10.2. The van der Waals surface area contributed by atoms with Crippen molar-refractivity contribution in [1.82, 2.24) is 9.78 Å². The highest BCUT2D eigenvalue weighted by Crippen LogP contribution is 2.31. The molecule has 160 valence electrons. The van der Waals surface area contributed by atoms with E-state index in [9.17, 15) is 13.2 Å². The van der Waals surface area contributed by atoms with Gasteiger partial charge in [-0.3, -0.25) is 4.79 Å². The van der Waals surface area contributed by atoms with Crippen LogP contribution in [0.2, 0.25) is 0 Å². The van der Waals surface area contributed by atoms with E-state index in [1.165, 1.54) is 6.08 Å². The van der Waals surface area contributed by atoms with Crippen LogP contribution in [0.4, 0.5) is 5.82 Å². The highest BCUT2D eigenvalue weighted by Gasteiger charge is 2.32. The molecule has 0 aliphatic carbocycles. The molecule has 1 aromatic heterocycles. The van der Waals surface area contributed by atoms with E-state index in [2.05, 4.69) is 10.4 Å². The number of carbonyl (C=O) groups excluding carboxylic acids is 1. The largest absolute Gasteiger partial charge is 0.493 e. The molecule has 2 aliphatic heterocycles. The molecule has 30 heavy (non-hydrogen) atoms. The molecule has 1 fully saturated rings. The number of rotatable bonds is 4. The Morgan fingerprint density at radius 2 is 2.10 bits per heavy atom. The maximum absolute atomic E-state index is 12.6. The molecule has 1 atom stereocenters. The van der Waals surface area contributed by atoms with Crippen LogP contribution >= 0.6 is 0 Å². The van der Waals surface area contributed by atoms with Crippen molar-refractivity contribution < 1.29 is 17.9 Å². The molecule has 8 heteroatoms. The topological polar surface area (TPSA) is 90.3 Å². The molecule has 0 radical (unpaired) electrons. The van der Waals surface area contributed by atoms with Crippen LogP contribution in [-0.4, -0.2) is 42.2 Å². The third kappa shape index (κ3) is 4.43. The second kappa shape index (κ2) is 7.58. The first-order valence-corrected chi connectivity index (χ1v) is 12.0. The van der Waals surface area contributed by atoms with Crippen molar-refractivity contribution in [3.8, 4) is 5.75 Å². The lowest BCUT2D eigenvalue weighted by molar-refractivity contribution is -0.111. The minimum Gasteiger partial charge on any atom is -0.493 e. The quantitative estimate of drug-likeness (QED) is 0.754. The number of nitrogens with zero attached hydrogens (tertiary/aromatic N) is 2. The van der Waals surface area contributed by atoms with Gasteiger partial charge in [-0.05, 0) is 35.8 Å². The van der Waals surface area contributed by atoms with E-state index in [1.54, 1.807) is 10.8 Å².